The third-order valence-electron chi connectivity index (χ3n) is 7.74. The van der Waals surface area contributed by atoms with Crippen molar-refractivity contribution in [1.29, 1.82) is 5.26 Å². The molecule has 0 spiro atoms. The number of amides is 1. The Kier molecular flexibility index (Phi) is 9.04. The molecule has 4 aromatic rings. The van der Waals surface area contributed by atoms with Crippen LogP contribution in [0.4, 0.5) is 23.7 Å². The van der Waals surface area contributed by atoms with Crippen LogP contribution in [0.25, 0.3) is 11.3 Å². The molecule has 44 heavy (non-hydrogen) atoms. The summed E-state index contributed by atoms with van der Waals surface area (Å²) in [6, 6.07) is 25.8. The molecule has 7 nitrogen and oxygen atoms in total. The van der Waals surface area contributed by atoms with E-state index in [-0.39, 0.29) is 12.2 Å². The molecule has 1 aromatic heterocycles. The SMILES string of the molecule is CCOc1ccccc1-c1ccc(C2(NC(=O)OCc3ccccc3)CCN(c3ccc(C(F)(F)F)cc3C#N)CC2)cn1. The molecule has 1 aliphatic heterocycles. The number of carbonyl (C=O) groups is 1. The fraction of sp³-hybridized carbons (Fsp3) is 0.265. The molecule has 2 heterocycles. The number of nitriles is 1. The molecular weight excluding hydrogens is 569 g/mol. The van der Waals surface area contributed by atoms with Crippen LogP contribution >= 0.6 is 0 Å². The first kappa shape index (κ1) is 30.4. The van der Waals surface area contributed by atoms with Gasteiger partial charge in [-0.05, 0) is 67.3 Å². The molecule has 1 saturated heterocycles. The number of ether oxygens (including phenoxy) is 2. The fourth-order valence-corrected chi connectivity index (χ4v) is 5.44. The Bertz CT molecular complexity index is 1630. The van der Waals surface area contributed by atoms with E-state index < -0.39 is 23.4 Å². The fourth-order valence-electron chi connectivity index (χ4n) is 5.44. The lowest BCUT2D eigenvalue weighted by Gasteiger charge is -2.43. The monoisotopic (exact) mass is 600 g/mol. The summed E-state index contributed by atoms with van der Waals surface area (Å²) in [5.41, 5.74) is 1.78. The minimum atomic E-state index is -4.55. The average Bonchev–Trinajstić information content (AvgIpc) is 3.04. The van der Waals surface area contributed by atoms with Crippen molar-refractivity contribution in [3.63, 3.8) is 0 Å². The number of halogens is 3. The van der Waals surface area contributed by atoms with E-state index in [0.717, 1.165) is 28.8 Å². The van der Waals surface area contributed by atoms with E-state index in [0.29, 0.717) is 49.7 Å². The smallest absolute Gasteiger partial charge is 0.416 e. The van der Waals surface area contributed by atoms with Crippen molar-refractivity contribution in [2.75, 3.05) is 24.6 Å². The second-order valence-corrected chi connectivity index (χ2v) is 10.5. The van der Waals surface area contributed by atoms with Gasteiger partial charge in [0.1, 0.15) is 18.4 Å². The Morgan fingerprint density at radius 1 is 1.02 bits per heavy atom. The number of nitrogens with zero attached hydrogens (tertiary/aromatic N) is 3. The van der Waals surface area contributed by atoms with Gasteiger partial charge in [-0.25, -0.2) is 4.79 Å². The van der Waals surface area contributed by atoms with Crippen LogP contribution in [0, 0.1) is 11.3 Å². The van der Waals surface area contributed by atoms with E-state index in [4.69, 9.17) is 14.5 Å². The van der Waals surface area contributed by atoms with Crippen LogP contribution in [0.2, 0.25) is 0 Å². The Morgan fingerprint density at radius 2 is 1.75 bits per heavy atom. The summed E-state index contributed by atoms with van der Waals surface area (Å²) in [7, 11) is 0. The van der Waals surface area contributed by atoms with Gasteiger partial charge in [0.05, 0.1) is 34.7 Å². The predicted molar refractivity (Wildman–Crippen MR) is 160 cm³/mol. The molecular formula is C34H31F3N4O3. The van der Waals surface area contributed by atoms with Gasteiger partial charge in [0, 0.05) is 24.8 Å². The highest BCUT2D eigenvalue weighted by molar-refractivity contribution is 5.70. The van der Waals surface area contributed by atoms with Crippen molar-refractivity contribution in [3.8, 4) is 23.1 Å². The third kappa shape index (κ3) is 6.78. The molecule has 3 aromatic carbocycles. The molecule has 0 atom stereocenters. The maximum absolute atomic E-state index is 13.3. The summed E-state index contributed by atoms with van der Waals surface area (Å²) < 4.78 is 51.1. The lowest BCUT2D eigenvalue weighted by molar-refractivity contribution is -0.137. The zero-order valence-electron chi connectivity index (χ0n) is 24.1. The number of piperidine rings is 1. The van der Waals surface area contributed by atoms with Crippen LogP contribution in [-0.4, -0.2) is 30.8 Å². The van der Waals surface area contributed by atoms with Crippen molar-refractivity contribution in [2.45, 2.75) is 38.1 Å². The van der Waals surface area contributed by atoms with E-state index in [9.17, 15) is 23.2 Å². The number of alkyl halides is 3. The van der Waals surface area contributed by atoms with Gasteiger partial charge < -0.3 is 19.7 Å². The molecule has 1 fully saturated rings. The van der Waals surface area contributed by atoms with Gasteiger partial charge >= 0.3 is 12.3 Å². The lowest BCUT2D eigenvalue weighted by atomic mass is 9.81. The number of anilines is 1. The van der Waals surface area contributed by atoms with Crippen molar-refractivity contribution < 1.29 is 27.4 Å². The summed E-state index contributed by atoms with van der Waals surface area (Å²) in [6.45, 7) is 3.26. The number of nitrogens with one attached hydrogen (secondary N) is 1. The number of hydrogen-bond acceptors (Lipinski definition) is 6. The standard InChI is InChI=1S/C34H31F3N4O3/c1-2-43-31-11-7-6-10-28(31)29-14-12-27(22-39-29)33(40-32(42)44-23-24-8-4-3-5-9-24)16-18-41(19-17-33)30-15-13-26(34(35,36)37)20-25(30)21-38/h3-15,20,22H,2,16-19,23H2,1H3,(H,40,42). The van der Waals surface area contributed by atoms with Crippen LogP contribution < -0.4 is 15.0 Å². The Morgan fingerprint density at radius 3 is 2.41 bits per heavy atom. The highest BCUT2D eigenvalue weighted by Gasteiger charge is 2.39. The minimum absolute atomic E-state index is 0.0541. The molecule has 1 N–H and O–H groups in total. The topological polar surface area (TPSA) is 87.5 Å². The molecule has 0 unspecified atom stereocenters. The first-order chi connectivity index (χ1) is 21.2. The number of para-hydroxylation sites is 1. The van der Waals surface area contributed by atoms with Gasteiger partial charge in [-0.2, -0.15) is 18.4 Å². The molecule has 1 aliphatic rings. The molecule has 5 rings (SSSR count). The van der Waals surface area contributed by atoms with Crippen LogP contribution in [0.3, 0.4) is 0 Å². The molecule has 0 bridgehead atoms. The zero-order chi connectivity index (χ0) is 31.2. The Balaban J connectivity index is 1.41. The van der Waals surface area contributed by atoms with E-state index in [1.165, 1.54) is 6.07 Å². The second-order valence-electron chi connectivity index (χ2n) is 10.5. The van der Waals surface area contributed by atoms with E-state index >= 15 is 0 Å². The van der Waals surface area contributed by atoms with Crippen molar-refractivity contribution in [3.05, 3.63) is 113 Å². The summed E-state index contributed by atoms with van der Waals surface area (Å²) in [5.74, 6) is 0.714. The normalized spacial score (nSPS) is 14.4. The lowest BCUT2D eigenvalue weighted by Crippen LogP contribution is -2.53. The maximum Gasteiger partial charge on any atom is 0.416 e. The van der Waals surface area contributed by atoms with Crippen molar-refractivity contribution in [2.24, 2.45) is 0 Å². The highest BCUT2D eigenvalue weighted by Crippen LogP contribution is 2.38. The molecule has 0 saturated carbocycles. The van der Waals surface area contributed by atoms with Crippen LogP contribution in [0.15, 0.2) is 91.1 Å². The third-order valence-corrected chi connectivity index (χ3v) is 7.74. The van der Waals surface area contributed by atoms with Gasteiger partial charge in [-0.15, -0.1) is 0 Å². The van der Waals surface area contributed by atoms with Crippen LogP contribution in [0.1, 0.15) is 42.0 Å². The number of hydrogen-bond donors (Lipinski definition) is 1. The number of rotatable bonds is 8. The first-order valence-electron chi connectivity index (χ1n) is 14.3. The summed E-state index contributed by atoms with van der Waals surface area (Å²) in [5, 5.41) is 12.7. The zero-order valence-corrected chi connectivity index (χ0v) is 24.1. The first-order valence-corrected chi connectivity index (χ1v) is 14.3. The quantitative estimate of drug-likeness (QED) is 0.226. The Hall–Kier alpha value is -5.04. The van der Waals surface area contributed by atoms with E-state index in [1.54, 1.807) is 6.20 Å². The number of aromatic nitrogens is 1. The summed E-state index contributed by atoms with van der Waals surface area (Å²) >= 11 is 0. The summed E-state index contributed by atoms with van der Waals surface area (Å²) in [4.78, 5) is 19.7. The predicted octanol–water partition coefficient (Wildman–Crippen LogP) is 7.46. The number of benzene rings is 3. The number of pyridine rings is 1. The second kappa shape index (κ2) is 13.1. The van der Waals surface area contributed by atoms with E-state index in [2.05, 4.69) is 5.32 Å². The van der Waals surface area contributed by atoms with E-state index in [1.807, 2.05) is 84.6 Å². The molecule has 0 aliphatic carbocycles. The summed E-state index contributed by atoms with van der Waals surface area (Å²) in [6.07, 6.45) is -2.62. The molecule has 226 valence electrons. The Labute approximate surface area is 253 Å². The van der Waals surface area contributed by atoms with Gasteiger partial charge in [0.15, 0.2) is 0 Å². The largest absolute Gasteiger partial charge is 0.493 e. The average molecular weight is 601 g/mol. The van der Waals surface area contributed by atoms with Gasteiger partial charge in [0.25, 0.3) is 0 Å². The van der Waals surface area contributed by atoms with Gasteiger partial charge in [0.2, 0.25) is 0 Å². The van der Waals surface area contributed by atoms with Gasteiger partial charge in [-0.3, -0.25) is 4.98 Å². The highest BCUT2D eigenvalue weighted by atomic mass is 19.4. The van der Waals surface area contributed by atoms with Crippen molar-refractivity contribution >= 4 is 11.8 Å². The molecule has 0 radical (unpaired) electrons. The maximum atomic E-state index is 13.3. The van der Waals surface area contributed by atoms with Crippen LogP contribution in [0.5, 0.6) is 5.75 Å². The number of carbonyl (C=O) groups excluding carboxylic acids is 1. The van der Waals surface area contributed by atoms with Crippen LogP contribution in [-0.2, 0) is 23.1 Å². The van der Waals surface area contributed by atoms with Gasteiger partial charge in [-0.1, -0.05) is 48.5 Å². The minimum Gasteiger partial charge on any atom is -0.493 e. The molecule has 10 heteroatoms. The molecule has 1 amide bonds. The number of alkyl carbamates (subject to hydrolysis) is 1. The van der Waals surface area contributed by atoms with Crippen molar-refractivity contribution in [1.82, 2.24) is 10.3 Å².